The van der Waals surface area contributed by atoms with E-state index < -0.39 is 0 Å². The van der Waals surface area contributed by atoms with Crippen molar-refractivity contribution in [3.05, 3.63) is 30.7 Å². The van der Waals surface area contributed by atoms with Gasteiger partial charge in [-0.3, -0.25) is 4.79 Å². The van der Waals surface area contributed by atoms with Gasteiger partial charge in [0.15, 0.2) is 0 Å². The van der Waals surface area contributed by atoms with Gasteiger partial charge < -0.3 is 15.5 Å². The summed E-state index contributed by atoms with van der Waals surface area (Å²) < 4.78 is 5.12. The van der Waals surface area contributed by atoms with Crippen LogP contribution in [0, 0.1) is 5.92 Å². The summed E-state index contributed by atoms with van der Waals surface area (Å²) in [6, 6.07) is 7.30. The van der Waals surface area contributed by atoms with E-state index in [1.54, 1.807) is 6.07 Å². The molecule has 1 aromatic heterocycles. The highest BCUT2D eigenvalue weighted by Crippen LogP contribution is 2.20. The number of amides is 1. The van der Waals surface area contributed by atoms with E-state index in [1.807, 2.05) is 25.1 Å². The van der Waals surface area contributed by atoms with Crippen molar-refractivity contribution < 1.29 is 9.21 Å². The summed E-state index contributed by atoms with van der Waals surface area (Å²) >= 11 is 0. The fraction of sp³-hybridized carbons (Fsp3) is 0.357. The first-order valence-electron chi connectivity index (χ1n) is 6.55. The Balaban J connectivity index is 1.96. The summed E-state index contributed by atoms with van der Waals surface area (Å²) in [7, 11) is 0. The van der Waals surface area contributed by atoms with Crippen molar-refractivity contribution in [3.8, 4) is 11.5 Å². The van der Waals surface area contributed by atoms with Crippen molar-refractivity contribution in [2.45, 2.75) is 19.8 Å². The van der Waals surface area contributed by atoms with E-state index in [0.717, 1.165) is 12.0 Å². The van der Waals surface area contributed by atoms with Gasteiger partial charge in [0.1, 0.15) is 0 Å². The Hall–Kier alpha value is -2.21. The minimum absolute atomic E-state index is 0.0204. The molecule has 6 heteroatoms. The zero-order valence-electron chi connectivity index (χ0n) is 11.4. The van der Waals surface area contributed by atoms with Crippen LogP contribution in [-0.2, 0) is 4.79 Å². The smallest absolute Gasteiger partial charge is 0.247 e. The van der Waals surface area contributed by atoms with Crippen LogP contribution in [0.1, 0.15) is 19.8 Å². The molecule has 3 N–H and O–H groups in total. The predicted molar refractivity (Wildman–Crippen MR) is 75.8 cm³/mol. The average molecular weight is 274 g/mol. The van der Waals surface area contributed by atoms with Gasteiger partial charge in [-0.05, 0) is 37.1 Å². The van der Waals surface area contributed by atoms with Crippen molar-refractivity contribution in [2.75, 3.05) is 11.9 Å². The summed E-state index contributed by atoms with van der Waals surface area (Å²) in [5, 5.41) is 10.3. The Morgan fingerprint density at radius 1 is 1.50 bits per heavy atom. The molecule has 0 radical (unpaired) electrons. The van der Waals surface area contributed by atoms with E-state index in [9.17, 15) is 4.79 Å². The Labute approximate surface area is 117 Å². The molecule has 0 spiro atoms. The van der Waals surface area contributed by atoms with Crippen LogP contribution in [0.5, 0.6) is 0 Å². The molecule has 0 aliphatic rings. The molecular weight excluding hydrogens is 256 g/mol. The summed E-state index contributed by atoms with van der Waals surface area (Å²) in [6.45, 7) is 2.63. The van der Waals surface area contributed by atoms with Crippen LogP contribution in [0.4, 0.5) is 5.69 Å². The zero-order valence-corrected chi connectivity index (χ0v) is 11.4. The van der Waals surface area contributed by atoms with E-state index in [-0.39, 0.29) is 5.91 Å². The number of rotatable bonds is 6. The van der Waals surface area contributed by atoms with Gasteiger partial charge in [-0.2, -0.15) is 0 Å². The Morgan fingerprint density at radius 2 is 2.35 bits per heavy atom. The van der Waals surface area contributed by atoms with Gasteiger partial charge in [-0.25, -0.2) is 0 Å². The standard InChI is InChI=1S/C14H18N4O2/c1-10(8-15)5-6-13(19)17-12-4-2-3-11(7-12)14-18-16-9-20-14/h2-4,7,9-10H,5-6,8,15H2,1H3,(H,17,19). The Morgan fingerprint density at radius 3 is 3.05 bits per heavy atom. The maximum Gasteiger partial charge on any atom is 0.247 e. The predicted octanol–water partition coefficient (Wildman–Crippen LogP) is 2.05. The SMILES string of the molecule is CC(CN)CCC(=O)Nc1cccc(-c2nnco2)c1. The quantitative estimate of drug-likeness (QED) is 0.840. The summed E-state index contributed by atoms with van der Waals surface area (Å²) in [4.78, 5) is 11.8. The second-order valence-corrected chi connectivity index (χ2v) is 4.75. The molecule has 0 bridgehead atoms. The number of hydrogen-bond acceptors (Lipinski definition) is 5. The minimum Gasteiger partial charge on any atom is -0.423 e. The third-order valence-corrected chi connectivity index (χ3v) is 3.02. The molecular formula is C14H18N4O2. The van der Waals surface area contributed by atoms with Crippen molar-refractivity contribution in [1.82, 2.24) is 10.2 Å². The van der Waals surface area contributed by atoms with E-state index in [2.05, 4.69) is 15.5 Å². The molecule has 1 aromatic carbocycles. The number of benzene rings is 1. The highest BCUT2D eigenvalue weighted by atomic mass is 16.4. The third kappa shape index (κ3) is 3.89. The lowest BCUT2D eigenvalue weighted by Gasteiger charge is -2.09. The molecule has 1 unspecified atom stereocenters. The number of anilines is 1. The second-order valence-electron chi connectivity index (χ2n) is 4.75. The molecule has 6 nitrogen and oxygen atoms in total. The fourth-order valence-electron chi connectivity index (χ4n) is 1.75. The molecule has 1 amide bonds. The lowest BCUT2D eigenvalue weighted by Crippen LogP contribution is -2.16. The van der Waals surface area contributed by atoms with Gasteiger partial charge in [0.25, 0.3) is 0 Å². The number of nitrogens with one attached hydrogen (secondary N) is 1. The van der Waals surface area contributed by atoms with Crippen molar-refractivity contribution in [2.24, 2.45) is 11.7 Å². The maximum atomic E-state index is 11.8. The van der Waals surface area contributed by atoms with Gasteiger partial charge in [0.2, 0.25) is 18.2 Å². The van der Waals surface area contributed by atoms with Crippen LogP contribution < -0.4 is 11.1 Å². The fourth-order valence-corrected chi connectivity index (χ4v) is 1.75. The van der Waals surface area contributed by atoms with E-state index in [4.69, 9.17) is 10.2 Å². The molecule has 0 saturated heterocycles. The molecule has 0 saturated carbocycles. The van der Waals surface area contributed by atoms with E-state index >= 15 is 0 Å². The van der Waals surface area contributed by atoms with Crippen molar-refractivity contribution >= 4 is 11.6 Å². The number of carbonyl (C=O) groups is 1. The first-order valence-corrected chi connectivity index (χ1v) is 6.55. The lowest BCUT2D eigenvalue weighted by atomic mass is 10.1. The Kier molecular flexibility index (Phi) is 4.84. The molecule has 2 aromatic rings. The number of hydrogen-bond donors (Lipinski definition) is 2. The van der Waals surface area contributed by atoms with E-state index in [1.165, 1.54) is 6.39 Å². The Bertz CT molecular complexity index is 554. The van der Waals surface area contributed by atoms with Crippen LogP contribution in [0.25, 0.3) is 11.5 Å². The highest BCUT2D eigenvalue weighted by molar-refractivity contribution is 5.91. The first-order chi connectivity index (χ1) is 9.69. The van der Waals surface area contributed by atoms with Gasteiger partial charge in [0, 0.05) is 17.7 Å². The van der Waals surface area contributed by atoms with Crippen LogP contribution in [0.3, 0.4) is 0 Å². The van der Waals surface area contributed by atoms with Crippen LogP contribution in [-0.4, -0.2) is 22.6 Å². The molecule has 0 aliphatic heterocycles. The first kappa shape index (κ1) is 14.2. The summed E-state index contributed by atoms with van der Waals surface area (Å²) in [5.74, 6) is 0.760. The maximum absolute atomic E-state index is 11.8. The molecule has 0 fully saturated rings. The van der Waals surface area contributed by atoms with E-state index in [0.29, 0.717) is 30.5 Å². The lowest BCUT2D eigenvalue weighted by molar-refractivity contribution is -0.116. The molecule has 2 rings (SSSR count). The molecule has 0 aliphatic carbocycles. The normalized spacial score (nSPS) is 12.1. The summed E-state index contributed by atoms with van der Waals surface area (Å²) in [6.07, 6.45) is 2.52. The molecule has 20 heavy (non-hydrogen) atoms. The molecule has 1 heterocycles. The van der Waals surface area contributed by atoms with Gasteiger partial charge in [0.05, 0.1) is 0 Å². The monoisotopic (exact) mass is 274 g/mol. The van der Waals surface area contributed by atoms with Crippen LogP contribution >= 0.6 is 0 Å². The second kappa shape index (κ2) is 6.81. The van der Waals surface area contributed by atoms with Crippen molar-refractivity contribution in [1.29, 1.82) is 0 Å². The molecule has 1 atom stereocenters. The number of carbonyl (C=O) groups excluding carboxylic acids is 1. The van der Waals surface area contributed by atoms with Gasteiger partial charge in [-0.1, -0.05) is 13.0 Å². The number of aromatic nitrogens is 2. The van der Waals surface area contributed by atoms with Gasteiger partial charge >= 0.3 is 0 Å². The highest BCUT2D eigenvalue weighted by Gasteiger charge is 2.08. The molecule has 106 valence electrons. The third-order valence-electron chi connectivity index (χ3n) is 3.02. The number of nitrogens with zero attached hydrogens (tertiary/aromatic N) is 2. The van der Waals surface area contributed by atoms with Crippen molar-refractivity contribution in [3.63, 3.8) is 0 Å². The zero-order chi connectivity index (χ0) is 14.4. The minimum atomic E-state index is -0.0204. The number of nitrogens with two attached hydrogens (primary N) is 1. The average Bonchev–Trinajstić information content (AvgIpc) is 2.99. The summed E-state index contributed by atoms with van der Waals surface area (Å²) in [5.41, 5.74) is 7.02. The van der Waals surface area contributed by atoms with Crippen LogP contribution in [0.15, 0.2) is 35.1 Å². The van der Waals surface area contributed by atoms with Gasteiger partial charge in [-0.15, -0.1) is 10.2 Å². The van der Waals surface area contributed by atoms with Crippen LogP contribution in [0.2, 0.25) is 0 Å². The largest absolute Gasteiger partial charge is 0.423 e. The topological polar surface area (TPSA) is 94.0 Å².